The first kappa shape index (κ1) is 23.4. The molecule has 0 aliphatic rings. The molecule has 172 valence electrons. The van der Waals surface area contributed by atoms with E-state index >= 15 is 0 Å². The molecule has 4 aromatic heterocycles. The molecular weight excluding hydrogens is 470 g/mol. The minimum absolute atomic E-state index is 0.127. The van der Waals surface area contributed by atoms with Crippen LogP contribution in [0.1, 0.15) is 6.92 Å². The lowest BCUT2D eigenvalue weighted by Crippen LogP contribution is -1.93. The van der Waals surface area contributed by atoms with Crippen molar-refractivity contribution in [2.45, 2.75) is 12.1 Å². The third kappa shape index (κ3) is 6.18. The van der Waals surface area contributed by atoms with Crippen molar-refractivity contribution in [1.82, 2.24) is 25.1 Å². The second-order valence-electron chi connectivity index (χ2n) is 6.93. The molecule has 0 bridgehead atoms. The smallest absolute Gasteiger partial charge is 0.228 e. The largest absolute Gasteiger partial charge is 0.497 e. The van der Waals surface area contributed by atoms with Crippen LogP contribution in [0.5, 0.6) is 5.75 Å². The van der Waals surface area contributed by atoms with Crippen LogP contribution >= 0.6 is 23.1 Å². The molecule has 10 heteroatoms. The monoisotopic (exact) mass is 491 g/mol. The number of rotatable bonds is 7. The van der Waals surface area contributed by atoms with Gasteiger partial charge in [-0.15, -0.1) is 16.4 Å². The predicted molar refractivity (Wildman–Crippen MR) is 133 cm³/mol. The molecule has 0 atom stereocenters. The van der Waals surface area contributed by atoms with E-state index in [9.17, 15) is 4.79 Å². The van der Waals surface area contributed by atoms with Crippen molar-refractivity contribution in [3.05, 3.63) is 72.5 Å². The zero-order valence-electron chi connectivity index (χ0n) is 18.5. The maximum Gasteiger partial charge on any atom is 0.228 e. The van der Waals surface area contributed by atoms with Gasteiger partial charge in [0.05, 0.1) is 29.5 Å². The van der Waals surface area contributed by atoms with Crippen LogP contribution < -0.4 is 4.74 Å². The van der Waals surface area contributed by atoms with Gasteiger partial charge in [-0.25, -0.2) is 9.97 Å². The summed E-state index contributed by atoms with van der Waals surface area (Å²) in [5.41, 5.74) is 1.82. The van der Waals surface area contributed by atoms with Crippen molar-refractivity contribution in [2.75, 3.05) is 12.9 Å². The molecule has 0 aliphatic carbocycles. The Morgan fingerprint density at radius 2 is 1.97 bits per heavy atom. The van der Waals surface area contributed by atoms with Crippen LogP contribution in [0.3, 0.4) is 0 Å². The van der Waals surface area contributed by atoms with E-state index < -0.39 is 0 Å². The van der Waals surface area contributed by atoms with Crippen LogP contribution in [0.25, 0.3) is 33.5 Å². The van der Waals surface area contributed by atoms with Crippen molar-refractivity contribution in [1.29, 1.82) is 0 Å². The maximum absolute atomic E-state index is 10.8. The molecule has 0 aliphatic heterocycles. The van der Waals surface area contributed by atoms with Gasteiger partial charge in [0.1, 0.15) is 11.5 Å². The van der Waals surface area contributed by atoms with E-state index in [-0.39, 0.29) is 5.78 Å². The molecule has 0 saturated carbocycles. The van der Waals surface area contributed by atoms with E-state index in [1.54, 1.807) is 44.0 Å². The van der Waals surface area contributed by atoms with Gasteiger partial charge in [0, 0.05) is 18.0 Å². The molecule has 1 N–H and O–H groups in total. The molecule has 0 amide bonds. The van der Waals surface area contributed by atoms with E-state index in [0.29, 0.717) is 16.8 Å². The highest BCUT2D eigenvalue weighted by atomic mass is 32.2. The zero-order valence-corrected chi connectivity index (χ0v) is 20.1. The van der Waals surface area contributed by atoms with Crippen LogP contribution in [0, 0.1) is 0 Å². The van der Waals surface area contributed by atoms with Crippen LogP contribution in [-0.2, 0) is 4.79 Å². The molecule has 8 nitrogen and oxygen atoms in total. The number of thiophene rings is 1. The Bertz CT molecular complexity index is 1320. The quantitative estimate of drug-likeness (QED) is 0.292. The van der Waals surface area contributed by atoms with Crippen molar-refractivity contribution < 1.29 is 13.9 Å². The van der Waals surface area contributed by atoms with Crippen molar-refractivity contribution in [3.8, 4) is 39.2 Å². The second-order valence-corrected chi connectivity index (χ2v) is 8.82. The number of nitrogens with zero attached hydrogens (tertiary/aromatic N) is 4. The molecule has 1 aromatic carbocycles. The number of carbonyl (C=O) groups excluding carboxylic acids is 1. The van der Waals surface area contributed by atoms with Crippen LogP contribution in [-0.4, -0.2) is 43.8 Å². The third-order valence-corrected chi connectivity index (χ3v) is 6.28. The average Bonchev–Trinajstić information content (AvgIpc) is 3.65. The number of methoxy groups -OCH3 is 1. The third-order valence-electron chi connectivity index (χ3n) is 4.41. The van der Waals surface area contributed by atoms with Gasteiger partial charge in [-0.1, -0.05) is 17.8 Å². The number of ether oxygens (including phenoxy) is 1. The van der Waals surface area contributed by atoms with E-state index in [4.69, 9.17) is 9.15 Å². The number of benzene rings is 1. The van der Waals surface area contributed by atoms with Crippen molar-refractivity contribution in [3.63, 3.8) is 0 Å². The molecule has 5 aromatic rings. The normalized spacial score (nSPS) is 10.4. The fourth-order valence-electron chi connectivity index (χ4n) is 2.79. The summed E-state index contributed by atoms with van der Waals surface area (Å²) in [7, 11) is 1.64. The van der Waals surface area contributed by atoms with Gasteiger partial charge in [0.15, 0.2) is 11.6 Å². The Morgan fingerprint density at radius 1 is 1.12 bits per heavy atom. The van der Waals surface area contributed by atoms with Crippen molar-refractivity contribution in [2.24, 2.45) is 0 Å². The molecule has 0 radical (unpaired) electrons. The number of pyridine rings is 1. The van der Waals surface area contributed by atoms with Gasteiger partial charge in [-0.2, -0.15) is 0 Å². The van der Waals surface area contributed by atoms with Crippen LogP contribution in [0.2, 0.25) is 0 Å². The first-order valence-electron chi connectivity index (χ1n) is 10.2. The first-order chi connectivity index (χ1) is 16.6. The second kappa shape index (κ2) is 11.4. The van der Waals surface area contributed by atoms with E-state index in [1.165, 1.54) is 11.8 Å². The molecular formula is C24H21N5O3S2. The SMILES string of the molecule is CC(=O)CSc1n[nH]c(-c2cccs2)n1.COc1ccc(-c2cnc(-c3cccnc3)o2)cc1. The van der Waals surface area contributed by atoms with Gasteiger partial charge >= 0.3 is 0 Å². The summed E-state index contributed by atoms with van der Waals surface area (Å²) >= 11 is 2.95. The predicted octanol–water partition coefficient (Wildman–Crippen LogP) is 5.63. The lowest BCUT2D eigenvalue weighted by atomic mass is 10.2. The molecule has 5 rings (SSSR count). The molecule has 0 unspecified atom stereocenters. The number of thioether (sulfide) groups is 1. The van der Waals surface area contributed by atoms with Crippen LogP contribution in [0.4, 0.5) is 0 Å². The Labute approximate surface area is 204 Å². The molecule has 0 saturated heterocycles. The number of hydrogen-bond donors (Lipinski definition) is 1. The number of hydrogen-bond acceptors (Lipinski definition) is 9. The molecule has 0 fully saturated rings. The fraction of sp³-hybridized carbons (Fsp3) is 0.125. The van der Waals surface area contributed by atoms with Gasteiger partial charge in [0.2, 0.25) is 11.0 Å². The highest BCUT2D eigenvalue weighted by Gasteiger charge is 2.09. The Balaban J connectivity index is 0.000000166. The number of ketones is 1. The number of oxazole rings is 1. The summed E-state index contributed by atoms with van der Waals surface area (Å²) in [5.74, 6) is 3.41. The number of aromatic nitrogens is 5. The van der Waals surface area contributed by atoms with Crippen molar-refractivity contribution >= 4 is 28.9 Å². The Kier molecular flexibility index (Phi) is 7.84. The van der Waals surface area contributed by atoms with Gasteiger partial charge in [-0.05, 0) is 54.8 Å². The standard InChI is InChI=1S/C15H12N2O2.C9H9N3OS2/c1-18-13-6-4-11(5-7-13)14-10-17-15(19-14)12-3-2-8-16-9-12;1-6(13)5-15-9-10-8(11-12-9)7-3-2-4-14-7/h2-10H,1H3;2-4H,5H2,1H3,(H,10,11,12). The zero-order chi connectivity index (χ0) is 23.8. The van der Waals surface area contributed by atoms with E-state index in [1.807, 2.05) is 53.9 Å². The minimum Gasteiger partial charge on any atom is -0.497 e. The Hall–Kier alpha value is -3.76. The summed E-state index contributed by atoms with van der Waals surface area (Å²) in [6.45, 7) is 1.56. The van der Waals surface area contributed by atoms with Gasteiger partial charge in [-0.3, -0.25) is 14.9 Å². The lowest BCUT2D eigenvalue weighted by Gasteiger charge is -2.00. The molecule has 0 spiro atoms. The Morgan fingerprint density at radius 3 is 2.65 bits per heavy atom. The van der Waals surface area contributed by atoms with E-state index in [0.717, 1.165) is 33.3 Å². The molecule has 4 heterocycles. The fourth-order valence-corrected chi connectivity index (χ4v) is 4.05. The maximum atomic E-state index is 10.8. The highest BCUT2D eigenvalue weighted by Crippen LogP contribution is 2.27. The van der Waals surface area contributed by atoms with Gasteiger partial charge in [0.25, 0.3) is 0 Å². The van der Waals surface area contributed by atoms with Crippen LogP contribution in [0.15, 0.2) is 82.1 Å². The topological polar surface area (TPSA) is 107 Å². The number of aromatic amines is 1. The summed E-state index contributed by atoms with van der Waals surface area (Å²) in [6.07, 6.45) is 5.16. The minimum atomic E-state index is 0.127. The summed E-state index contributed by atoms with van der Waals surface area (Å²) in [6, 6.07) is 15.4. The molecule has 34 heavy (non-hydrogen) atoms. The lowest BCUT2D eigenvalue weighted by molar-refractivity contribution is -0.114. The number of nitrogens with one attached hydrogen (secondary N) is 1. The van der Waals surface area contributed by atoms with Gasteiger partial charge < -0.3 is 9.15 Å². The average molecular weight is 492 g/mol. The summed E-state index contributed by atoms with van der Waals surface area (Å²) in [5, 5.41) is 9.48. The highest BCUT2D eigenvalue weighted by molar-refractivity contribution is 7.99. The number of Topliss-reactive ketones (excluding diaryl/α,β-unsaturated/α-hetero) is 1. The number of carbonyl (C=O) groups is 1. The first-order valence-corrected chi connectivity index (χ1v) is 12.1. The summed E-state index contributed by atoms with van der Waals surface area (Å²) < 4.78 is 10.9. The van der Waals surface area contributed by atoms with E-state index in [2.05, 4.69) is 25.1 Å². The number of H-pyrrole nitrogens is 1. The summed E-state index contributed by atoms with van der Waals surface area (Å²) in [4.78, 5) is 24.4.